The van der Waals surface area contributed by atoms with E-state index in [1.807, 2.05) is 12.1 Å². The highest BCUT2D eigenvalue weighted by atomic mass is 32.2. The van der Waals surface area contributed by atoms with Crippen LogP contribution in [-0.4, -0.2) is 22.6 Å². The molecule has 2 aromatic rings. The lowest BCUT2D eigenvalue weighted by Crippen LogP contribution is -2.48. The van der Waals surface area contributed by atoms with Crippen molar-refractivity contribution < 1.29 is 17.9 Å². The smallest absolute Gasteiger partial charge is 0.265 e. The Labute approximate surface area is 178 Å². The fourth-order valence-corrected chi connectivity index (χ4v) is 7.80. The second kappa shape index (κ2) is 7.19. The third-order valence-electron chi connectivity index (χ3n) is 7.45. The fourth-order valence-electron chi connectivity index (χ4n) is 6.56. The molecule has 6 rings (SSSR count). The largest absolute Gasteiger partial charge is 0.497 e. The van der Waals surface area contributed by atoms with Gasteiger partial charge in [-0.05, 0) is 91.5 Å². The van der Waals surface area contributed by atoms with E-state index in [0.29, 0.717) is 16.9 Å². The van der Waals surface area contributed by atoms with Crippen molar-refractivity contribution in [2.24, 2.45) is 17.8 Å². The molecule has 0 atom stereocenters. The van der Waals surface area contributed by atoms with Gasteiger partial charge in [0.25, 0.3) is 10.0 Å². The molecule has 1 N–H and O–H groups in total. The second-order valence-electron chi connectivity index (χ2n) is 9.40. The van der Waals surface area contributed by atoms with E-state index in [4.69, 9.17) is 9.47 Å². The van der Waals surface area contributed by atoms with Crippen molar-refractivity contribution in [3.63, 3.8) is 0 Å². The molecule has 0 aromatic heterocycles. The van der Waals surface area contributed by atoms with Crippen molar-refractivity contribution in [1.29, 1.82) is 0 Å². The molecule has 4 bridgehead atoms. The number of rotatable bonds is 6. The second-order valence-corrected chi connectivity index (χ2v) is 11.0. The van der Waals surface area contributed by atoms with Gasteiger partial charge in [-0.2, -0.15) is 0 Å². The predicted molar refractivity (Wildman–Crippen MR) is 117 cm³/mol. The van der Waals surface area contributed by atoms with Crippen molar-refractivity contribution >= 4 is 15.7 Å². The van der Waals surface area contributed by atoms with E-state index in [9.17, 15) is 8.42 Å². The number of ether oxygens (including phenoxy) is 2. The Morgan fingerprint density at radius 3 is 2.00 bits per heavy atom. The number of hydrogen-bond donors (Lipinski definition) is 1. The Kier molecular flexibility index (Phi) is 4.73. The SMILES string of the molecule is COc1ccc(OC)c(S(=O)(=O)Nc2ccc(C34CC5CC(CC(C5)C3)C4)cc2)c1. The van der Waals surface area contributed by atoms with Crippen LogP contribution in [-0.2, 0) is 15.4 Å². The first-order chi connectivity index (χ1) is 14.4. The standard InChI is InChI=1S/C24H29NO4S/c1-28-21-7-8-22(29-2)23(12-21)30(26,27)25-20-5-3-19(4-6-20)24-13-16-9-17(14-24)11-18(10-16)15-24/h3-8,12,16-18,25H,9-11,13-15H2,1-2H3. The fraction of sp³-hybridized carbons (Fsp3) is 0.500. The molecule has 2 aromatic carbocycles. The number of methoxy groups -OCH3 is 2. The Hall–Kier alpha value is -2.21. The topological polar surface area (TPSA) is 64.6 Å². The monoisotopic (exact) mass is 427 g/mol. The highest BCUT2D eigenvalue weighted by Crippen LogP contribution is 2.60. The number of anilines is 1. The van der Waals surface area contributed by atoms with Gasteiger partial charge in [0.1, 0.15) is 16.4 Å². The Bertz CT molecular complexity index is 1010. The summed E-state index contributed by atoms with van der Waals surface area (Å²) in [6, 6.07) is 12.8. The van der Waals surface area contributed by atoms with Crippen molar-refractivity contribution in [2.45, 2.75) is 48.8 Å². The zero-order valence-corrected chi connectivity index (χ0v) is 18.4. The van der Waals surface area contributed by atoms with Gasteiger partial charge >= 0.3 is 0 Å². The molecule has 30 heavy (non-hydrogen) atoms. The van der Waals surface area contributed by atoms with Gasteiger partial charge in [0.15, 0.2) is 0 Å². The van der Waals surface area contributed by atoms with Crippen LogP contribution in [0.1, 0.15) is 44.1 Å². The van der Waals surface area contributed by atoms with Crippen molar-refractivity contribution in [3.8, 4) is 11.5 Å². The first-order valence-electron chi connectivity index (χ1n) is 10.8. The van der Waals surface area contributed by atoms with Gasteiger partial charge in [-0.3, -0.25) is 4.72 Å². The van der Waals surface area contributed by atoms with Crippen LogP contribution in [0, 0.1) is 17.8 Å². The van der Waals surface area contributed by atoms with Crippen LogP contribution < -0.4 is 14.2 Å². The first-order valence-corrected chi connectivity index (χ1v) is 12.2. The summed E-state index contributed by atoms with van der Waals surface area (Å²) < 4.78 is 39.2. The number of nitrogens with one attached hydrogen (secondary N) is 1. The highest BCUT2D eigenvalue weighted by Gasteiger charge is 2.51. The first kappa shape index (κ1) is 19.7. The van der Waals surface area contributed by atoms with Gasteiger partial charge in [-0.15, -0.1) is 0 Å². The van der Waals surface area contributed by atoms with Gasteiger partial charge in [0.2, 0.25) is 0 Å². The van der Waals surface area contributed by atoms with Gasteiger partial charge in [0, 0.05) is 11.8 Å². The zero-order valence-electron chi connectivity index (χ0n) is 17.6. The van der Waals surface area contributed by atoms with Crippen LogP contribution in [0.4, 0.5) is 5.69 Å². The van der Waals surface area contributed by atoms with E-state index >= 15 is 0 Å². The van der Waals surface area contributed by atoms with Crippen LogP contribution in [0.5, 0.6) is 11.5 Å². The lowest BCUT2D eigenvalue weighted by Gasteiger charge is -2.57. The zero-order chi connectivity index (χ0) is 20.9. The Morgan fingerprint density at radius 1 is 0.867 bits per heavy atom. The molecule has 0 unspecified atom stereocenters. The Morgan fingerprint density at radius 2 is 1.47 bits per heavy atom. The van der Waals surface area contributed by atoms with E-state index in [0.717, 1.165) is 17.8 Å². The summed E-state index contributed by atoms with van der Waals surface area (Å²) in [6.45, 7) is 0. The van der Waals surface area contributed by atoms with Gasteiger partial charge in [0.05, 0.1) is 14.2 Å². The number of hydrogen-bond acceptors (Lipinski definition) is 4. The van der Waals surface area contributed by atoms with E-state index in [1.54, 1.807) is 12.1 Å². The molecule has 4 fully saturated rings. The van der Waals surface area contributed by atoms with Crippen molar-refractivity contribution in [3.05, 3.63) is 48.0 Å². The van der Waals surface area contributed by atoms with Gasteiger partial charge in [-0.1, -0.05) is 12.1 Å². The highest BCUT2D eigenvalue weighted by molar-refractivity contribution is 7.92. The summed E-state index contributed by atoms with van der Waals surface area (Å²) in [6.07, 6.45) is 8.14. The molecule has 160 valence electrons. The average Bonchev–Trinajstić information content (AvgIpc) is 2.72. The predicted octanol–water partition coefficient (Wildman–Crippen LogP) is 4.97. The molecule has 4 aliphatic rings. The van der Waals surface area contributed by atoms with Crippen LogP contribution in [0.15, 0.2) is 47.4 Å². The lowest BCUT2D eigenvalue weighted by atomic mass is 9.48. The minimum absolute atomic E-state index is 0.0644. The minimum Gasteiger partial charge on any atom is -0.497 e. The molecule has 4 aliphatic carbocycles. The van der Waals surface area contributed by atoms with Crippen LogP contribution in [0.25, 0.3) is 0 Å². The summed E-state index contributed by atoms with van der Waals surface area (Å²) in [7, 11) is -0.833. The van der Waals surface area contributed by atoms with Gasteiger partial charge in [-0.25, -0.2) is 8.42 Å². The molecule has 0 aliphatic heterocycles. The molecule has 6 heteroatoms. The summed E-state index contributed by atoms with van der Waals surface area (Å²) in [4.78, 5) is 0.0644. The minimum atomic E-state index is -3.80. The lowest BCUT2D eigenvalue weighted by molar-refractivity contribution is -0.00518. The maximum absolute atomic E-state index is 13.0. The molecule has 4 saturated carbocycles. The molecular weight excluding hydrogens is 398 g/mol. The van der Waals surface area contributed by atoms with Crippen LogP contribution in [0.2, 0.25) is 0 Å². The maximum Gasteiger partial charge on any atom is 0.265 e. The summed E-state index contributed by atoms with van der Waals surface area (Å²) in [5, 5.41) is 0. The Balaban J connectivity index is 1.39. The molecular formula is C24H29NO4S. The molecule has 0 amide bonds. The maximum atomic E-state index is 13.0. The molecule has 5 nitrogen and oxygen atoms in total. The molecule has 0 spiro atoms. The van der Waals surface area contributed by atoms with Crippen molar-refractivity contribution in [1.82, 2.24) is 0 Å². The third-order valence-corrected chi connectivity index (χ3v) is 8.85. The molecule has 0 saturated heterocycles. The van der Waals surface area contributed by atoms with E-state index in [-0.39, 0.29) is 10.6 Å². The summed E-state index contributed by atoms with van der Waals surface area (Å²) in [5.41, 5.74) is 2.25. The molecule has 0 radical (unpaired) electrons. The average molecular weight is 428 g/mol. The third kappa shape index (κ3) is 3.35. The number of sulfonamides is 1. The van der Waals surface area contributed by atoms with E-state index in [2.05, 4.69) is 16.9 Å². The van der Waals surface area contributed by atoms with Gasteiger partial charge < -0.3 is 9.47 Å². The summed E-state index contributed by atoms with van der Waals surface area (Å²) >= 11 is 0. The van der Waals surface area contributed by atoms with Crippen molar-refractivity contribution in [2.75, 3.05) is 18.9 Å². The van der Waals surface area contributed by atoms with Crippen LogP contribution >= 0.6 is 0 Å². The quantitative estimate of drug-likeness (QED) is 0.707. The van der Waals surface area contributed by atoms with E-state index in [1.165, 1.54) is 64.4 Å². The summed E-state index contributed by atoms with van der Waals surface area (Å²) in [5.74, 6) is 3.40. The van der Waals surface area contributed by atoms with Crippen LogP contribution in [0.3, 0.4) is 0 Å². The normalized spacial score (nSPS) is 29.6. The molecule has 0 heterocycles. The van der Waals surface area contributed by atoms with E-state index < -0.39 is 10.0 Å². The number of benzene rings is 2.